The molecule has 13 heavy (non-hydrogen) atoms. The minimum absolute atomic E-state index is 0.177. The number of rotatable bonds is 2. The fourth-order valence-electron chi connectivity index (χ4n) is 2.46. The molecule has 1 aromatic rings. The lowest BCUT2D eigenvalue weighted by Crippen LogP contribution is -2.42. The second-order valence-corrected chi connectivity index (χ2v) is 3.88. The molecule has 1 aliphatic carbocycles. The van der Waals surface area contributed by atoms with E-state index in [1.807, 2.05) is 0 Å². The van der Waals surface area contributed by atoms with Gasteiger partial charge in [0.2, 0.25) is 5.78 Å². The number of carbonyl (C=O) groups is 1. The third-order valence-corrected chi connectivity index (χ3v) is 3.21. The van der Waals surface area contributed by atoms with Gasteiger partial charge in [-0.05, 0) is 31.0 Å². The SMILES string of the molecule is O=C(c1ccco1)C1C2CNC1C2. The maximum Gasteiger partial charge on any atom is 0.202 e. The largest absolute Gasteiger partial charge is 0.461 e. The highest BCUT2D eigenvalue weighted by atomic mass is 16.3. The van der Waals surface area contributed by atoms with Crippen molar-refractivity contribution in [2.75, 3.05) is 6.54 Å². The van der Waals surface area contributed by atoms with Crippen molar-refractivity contribution in [3.05, 3.63) is 24.2 Å². The number of nitrogens with one attached hydrogen (secondary N) is 1. The van der Waals surface area contributed by atoms with E-state index in [-0.39, 0.29) is 11.7 Å². The molecule has 2 aliphatic heterocycles. The van der Waals surface area contributed by atoms with Crippen LogP contribution < -0.4 is 5.32 Å². The highest BCUT2D eigenvalue weighted by Crippen LogP contribution is 2.41. The predicted molar refractivity (Wildman–Crippen MR) is 46.4 cm³/mol. The lowest BCUT2D eigenvalue weighted by atomic mass is 9.71. The Hall–Kier alpha value is -1.09. The molecule has 1 aromatic heterocycles. The van der Waals surface area contributed by atoms with Crippen molar-refractivity contribution in [1.82, 2.24) is 5.32 Å². The Morgan fingerprint density at radius 2 is 2.54 bits per heavy atom. The van der Waals surface area contributed by atoms with Crippen LogP contribution in [0.4, 0.5) is 0 Å². The molecule has 3 unspecified atom stereocenters. The lowest BCUT2D eigenvalue weighted by molar-refractivity contribution is 0.0754. The summed E-state index contributed by atoms with van der Waals surface area (Å²) in [4.78, 5) is 11.8. The molecule has 3 aliphatic rings. The van der Waals surface area contributed by atoms with E-state index in [0.29, 0.717) is 17.7 Å². The molecular weight excluding hydrogens is 166 g/mol. The molecule has 1 saturated carbocycles. The molecule has 0 spiro atoms. The van der Waals surface area contributed by atoms with Gasteiger partial charge in [-0.2, -0.15) is 0 Å². The number of hydrogen-bond donors (Lipinski definition) is 1. The first-order valence-corrected chi connectivity index (χ1v) is 4.67. The third kappa shape index (κ3) is 0.907. The van der Waals surface area contributed by atoms with Gasteiger partial charge in [-0.3, -0.25) is 4.79 Å². The van der Waals surface area contributed by atoms with Crippen LogP contribution in [-0.2, 0) is 0 Å². The molecule has 2 bridgehead atoms. The van der Waals surface area contributed by atoms with Crippen LogP contribution in [0.1, 0.15) is 17.0 Å². The Morgan fingerprint density at radius 1 is 1.62 bits per heavy atom. The van der Waals surface area contributed by atoms with Gasteiger partial charge < -0.3 is 9.73 Å². The molecule has 3 atom stereocenters. The van der Waals surface area contributed by atoms with Crippen LogP contribution in [0.2, 0.25) is 0 Å². The second kappa shape index (κ2) is 2.45. The van der Waals surface area contributed by atoms with E-state index in [4.69, 9.17) is 4.42 Å². The van der Waals surface area contributed by atoms with Crippen molar-refractivity contribution < 1.29 is 9.21 Å². The lowest BCUT2D eigenvalue weighted by Gasteiger charge is -2.32. The maximum absolute atomic E-state index is 11.8. The summed E-state index contributed by atoms with van der Waals surface area (Å²) >= 11 is 0. The van der Waals surface area contributed by atoms with Crippen molar-refractivity contribution in [3.63, 3.8) is 0 Å². The number of furan rings is 1. The molecule has 0 aromatic carbocycles. The van der Waals surface area contributed by atoms with Gasteiger partial charge in [0.25, 0.3) is 0 Å². The van der Waals surface area contributed by atoms with Gasteiger partial charge in [-0.15, -0.1) is 0 Å². The zero-order valence-corrected chi connectivity index (χ0v) is 7.19. The van der Waals surface area contributed by atoms with E-state index < -0.39 is 0 Å². The minimum atomic E-state index is 0.177. The Kier molecular flexibility index (Phi) is 1.38. The first kappa shape index (κ1) is 7.33. The highest BCUT2D eigenvalue weighted by Gasteiger charge is 2.51. The van der Waals surface area contributed by atoms with Crippen LogP contribution in [0.3, 0.4) is 0 Å². The number of fused-ring (bicyclic) bond motifs is 1. The fraction of sp³-hybridized carbons (Fsp3) is 0.500. The van der Waals surface area contributed by atoms with E-state index in [1.165, 1.54) is 0 Å². The molecular formula is C10H11NO2. The Labute approximate surface area is 76.1 Å². The Balaban J connectivity index is 1.84. The molecule has 0 amide bonds. The van der Waals surface area contributed by atoms with Crippen LogP contribution in [0.15, 0.2) is 22.8 Å². The predicted octanol–water partition coefficient (Wildman–Crippen LogP) is 1.07. The van der Waals surface area contributed by atoms with Gasteiger partial charge in [0.05, 0.1) is 6.26 Å². The summed E-state index contributed by atoms with van der Waals surface area (Å²) in [7, 11) is 0. The number of hydrogen-bond acceptors (Lipinski definition) is 3. The smallest absolute Gasteiger partial charge is 0.202 e. The summed E-state index contributed by atoms with van der Waals surface area (Å²) in [6.07, 6.45) is 2.72. The van der Waals surface area contributed by atoms with Gasteiger partial charge >= 0.3 is 0 Å². The molecule has 2 saturated heterocycles. The first-order valence-electron chi connectivity index (χ1n) is 4.67. The molecule has 3 nitrogen and oxygen atoms in total. The van der Waals surface area contributed by atoms with Crippen LogP contribution in [-0.4, -0.2) is 18.4 Å². The summed E-state index contributed by atoms with van der Waals surface area (Å²) in [6.45, 7) is 1.00. The molecule has 3 fully saturated rings. The van der Waals surface area contributed by atoms with E-state index in [0.717, 1.165) is 13.0 Å². The van der Waals surface area contributed by atoms with E-state index in [1.54, 1.807) is 18.4 Å². The van der Waals surface area contributed by atoms with Gasteiger partial charge in [0, 0.05) is 12.0 Å². The van der Waals surface area contributed by atoms with Crippen LogP contribution in [0.5, 0.6) is 0 Å². The monoisotopic (exact) mass is 177 g/mol. The topological polar surface area (TPSA) is 42.2 Å². The Bertz CT molecular complexity index is 317. The Morgan fingerprint density at radius 3 is 3.08 bits per heavy atom. The van der Waals surface area contributed by atoms with Crippen molar-refractivity contribution >= 4 is 5.78 Å². The van der Waals surface area contributed by atoms with Crippen LogP contribution in [0.25, 0.3) is 0 Å². The van der Waals surface area contributed by atoms with Gasteiger partial charge in [0.1, 0.15) is 0 Å². The van der Waals surface area contributed by atoms with Crippen LogP contribution in [0, 0.1) is 11.8 Å². The third-order valence-electron chi connectivity index (χ3n) is 3.21. The quantitative estimate of drug-likeness (QED) is 0.687. The van der Waals surface area contributed by atoms with Crippen LogP contribution >= 0.6 is 0 Å². The van der Waals surface area contributed by atoms with Crippen molar-refractivity contribution in [2.45, 2.75) is 12.5 Å². The molecule has 68 valence electrons. The summed E-state index contributed by atoms with van der Waals surface area (Å²) in [5, 5.41) is 3.32. The van der Waals surface area contributed by atoms with Gasteiger partial charge in [-0.1, -0.05) is 0 Å². The molecule has 3 heterocycles. The number of Topliss-reactive ketones (excluding diaryl/α,β-unsaturated/α-hetero) is 1. The van der Waals surface area contributed by atoms with Crippen molar-refractivity contribution in [3.8, 4) is 0 Å². The maximum atomic E-state index is 11.8. The zero-order valence-electron chi connectivity index (χ0n) is 7.19. The number of carbonyl (C=O) groups excluding carboxylic acids is 1. The molecule has 1 N–H and O–H groups in total. The van der Waals surface area contributed by atoms with Crippen molar-refractivity contribution in [1.29, 1.82) is 0 Å². The average Bonchev–Trinajstić information content (AvgIpc) is 2.82. The molecule has 3 heteroatoms. The highest BCUT2D eigenvalue weighted by molar-refractivity contribution is 5.97. The van der Waals surface area contributed by atoms with E-state index in [9.17, 15) is 4.79 Å². The standard InChI is InChI=1S/C10H11NO2/c12-10(8-2-1-3-13-8)9-6-4-7(9)11-5-6/h1-3,6-7,9,11H,4-5H2. The van der Waals surface area contributed by atoms with Gasteiger partial charge in [-0.25, -0.2) is 0 Å². The van der Waals surface area contributed by atoms with Crippen molar-refractivity contribution in [2.24, 2.45) is 11.8 Å². The van der Waals surface area contributed by atoms with E-state index in [2.05, 4.69) is 5.32 Å². The normalized spacial score (nSPS) is 35.8. The minimum Gasteiger partial charge on any atom is -0.461 e. The fourth-order valence-corrected chi connectivity index (χ4v) is 2.46. The first-order chi connectivity index (χ1) is 6.36. The van der Waals surface area contributed by atoms with Gasteiger partial charge in [0.15, 0.2) is 5.76 Å². The summed E-state index contributed by atoms with van der Waals surface area (Å²) < 4.78 is 5.10. The second-order valence-electron chi connectivity index (χ2n) is 3.88. The molecule has 0 radical (unpaired) electrons. The average molecular weight is 177 g/mol. The zero-order chi connectivity index (χ0) is 8.84. The van der Waals surface area contributed by atoms with E-state index >= 15 is 0 Å². The molecule has 4 rings (SSSR count). The summed E-state index contributed by atoms with van der Waals surface area (Å²) in [5.41, 5.74) is 0. The number of ketones is 1. The summed E-state index contributed by atoms with van der Waals surface area (Å²) in [5.74, 6) is 1.44. The summed E-state index contributed by atoms with van der Waals surface area (Å²) in [6, 6.07) is 3.93.